The molecule has 2 aromatic carbocycles. The summed E-state index contributed by atoms with van der Waals surface area (Å²) in [5.74, 6) is -2.37. The smallest absolute Gasteiger partial charge is 0.135 e. The van der Waals surface area contributed by atoms with Crippen LogP contribution in [-0.4, -0.2) is 36.6 Å². The van der Waals surface area contributed by atoms with Crippen molar-refractivity contribution in [1.29, 1.82) is 0 Å². The number of aromatic amines is 1. The second-order valence-corrected chi connectivity index (χ2v) is 6.85. The van der Waals surface area contributed by atoms with E-state index in [1.807, 2.05) is 6.07 Å². The molecule has 154 valence electrons. The average Bonchev–Trinajstić information content (AvgIpc) is 3.17. The standard InChI is InChI=1S/C21H22F3N3O2/c1-13(11-28)21(27(2)14-4-5-18-19(8-14)26-12-25-18)20-16(23)9-15(10-17(20)24)29-7-3-6-22/h4-5,8-13,21H,3,6-7H2,1-2H3,(H,25,26)/t13-,21+/m0/s1. The molecule has 3 aromatic rings. The number of anilines is 1. The Balaban J connectivity index is 1.98. The molecule has 29 heavy (non-hydrogen) atoms. The Morgan fingerprint density at radius 2 is 1.97 bits per heavy atom. The van der Waals surface area contributed by atoms with Crippen molar-refractivity contribution in [3.63, 3.8) is 0 Å². The maximum Gasteiger partial charge on any atom is 0.135 e. The Labute approximate surface area is 166 Å². The Kier molecular flexibility index (Phi) is 6.41. The minimum Gasteiger partial charge on any atom is -0.493 e. The molecule has 0 aliphatic rings. The fraction of sp³-hybridized carbons (Fsp3) is 0.333. The fourth-order valence-electron chi connectivity index (χ4n) is 3.36. The molecule has 0 saturated heterocycles. The summed E-state index contributed by atoms with van der Waals surface area (Å²) >= 11 is 0. The summed E-state index contributed by atoms with van der Waals surface area (Å²) in [7, 11) is 1.67. The number of ether oxygens (including phenoxy) is 1. The summed E-state index contributed by atoms with van der Waals surface area (Å²) in [6, 6.07) is 6.61. The van der Waals surface area contributed by atoms with Gasteiger partial charge in [0.25, 0.3) is 0 Å². The van der Waals surface area contributed by atoms with Gasteiger partial charge in [-0.15, -0.1) is 0 Å². The molecular weight excluding hydrogens is 383 g/mol. The van der Waals surface area contributed by atoms with Crippen LogP contribution in [0.5, 0.6) is 5.75 Å². The van der Waals surface area contributed by atoms with E-state index in [1.165, 1.54) is 0 Å². The number of benzene rings is 2. The number of halogens is 3. The van der Waals surface area contributed by atoms with E-state index in [4.69, 9.17) is 4.74 Å². The topological polar surface area (TPSA) is 58.2 Å². The van der Waals surface area contributed by atoms with E-state index in [2.05, 4.69) is 9.97 Å². The van der Waals surface area contributed by atoms with E-state index in [-0.39, 0.29) is 24.3 Å². The van der Waals surface area contributed by atoms with Crippen molar-refractivity contribution < 1.29 is 22.7 Å². The molecule has 0 spiro atoms. The van der Waals surface area contributed by atoms with E-state index in [0.29, 0.717) is 17.5 Å². The highest BCUT2D eigenvalue weighted by Crippen LogP contribution is 2.36. The van der Waals surface area contributed by atoms with Crippen molar-refractivity contribution in [2.45, 2.75) is 19.4 Å². The quantitative estimate of drug-likeness (QED) is 0.418. The Morgan fingerprint density at radius 1 is 1.24 bits per heavy atom. The summed E-state index contributed by atoms with van der Waals surface area (Å²) < 4.78 is 47.2. The van der Waals surface area contributed by atoms with Crippen molar-refractivity contribution in [1.82, 2.24) is 9.97 Å². The first-order valence-corrected chi connectivity index (χ1v) is 9.25. The van der Waals surface area contributed by atoms with Crippen molar-refractivity contribution in [2.24, 2.45) is 5.92 Å². The third-order valence-corrected chi connectivity index (χ3v) is 4.84. The minimum absolute atomic E-state index is 0.0182. The fourth-order valence-corrected chi connectivity index (χ4v) is 3.36. The molecule has 5 nitrogen and oxygen atoms in total. The first kappa shape index (κ1) is 20.7. The molecule has 0 amide bonds. The van der Waals surface area contributed by atoms with Gasteiger partial charge in [0, 0.05) is 42.8 Å². The molecule has 0 fully saturated rings. The van der Waals surface area contributed by atoms with Gasteiger partial charge in [0.15, 0.2) is 0 Å². The van der Waals surface area contributed by atoms with Crippen LogP contribution in [-0.2, 0) is 4.79 Å². The molecule has 1 N–H and O–H groups in total. The molecule has 1 heterocycles. The number of rotatable bonds is 9. The third-order valence-electron chi connectivity index (χ3n) is 4.84. The lowest BCUT2D eigenvalue weighted by molar-refractivity contribution is -0.111. The predicted molar refractivity (Wildman–Crippen MR) is 105 cm³/mol. The van der Waals surface area contributed by atoms with Crippen molar-refractivity contribution in [3.8, 4) is 5.75 Å². The largest absolute Gasteiger partial charge is 0.493 e. The molecule has 0 bridgehead atoms. The molecule has 0 radical (unpaired) electrons. The van der Waals surface area contributed by atoms with E-state index < -0.39 is 30.3 Å². The predicted octanol–water partition coefficient (Wildman–Crippen LogP) is 4.59. The minimum atomic E-state index is -0.885. The van der Waals surface area contributed by atoms with Gasteiger partial charge in [0.1, 0.15) is 23.7 Å². The highest BCUT2D eigenvalue weighted by molar-refractivity contribution is 5.79. The molecule has 0 aliphatic carbocycles. The second kappa shape index (κ2) is 8.98. The van der Waals surface area contributed by atoms with E-state index in [0.717, 1.165) is 17.6 Å². The third kappa shape index (κ3) is 4.36. The number of hydrogen-bond donors (Lipinski definition) is 1. The molecule has 3 rings (SSSR count). The zero-order valence-electron chi connectivity index (χ0n) is 16.2. The first-order chi connectivity index (χ1) is 14.0. The summed E-state index contributed by atoms with van der Waals surface area (Å²) in [6.07, 6.45) is 2.36. The highest BCUT2D eigenvalue weighted by Gasteiger charge is 2.30. The van der Waals surface area contributed by atoms with Crippen molar-refractivity contribution in [3.05, 3.63) is 53.9 Å². The van der Waals surface area contributed by atoms with Gasteiger partial charge in [-0.25, -0.2) is 13.8 Å². The van der Waals surface area contributed by atoms with Crippen LogP contribution in [0.2, 0.25) is 0 Å². The summed E-state index contributed by atoms with van der Waals surface area (Å²) in [6.45, 7) is 1.05. The van der Waals surface area contributed by atoms with Gasteiger partial charge in [0.05, 0.1) is 36.7 Å². The van der Waals surface area contributed by atoms with Crippen molar-refractivity contribution in [2.75, 3.05) is 25.2 Å². The van der Waals surface area contributed by atoms with Crippen LogP contribution in [0.3, 0.4) is 0 Å². The van der Waals surface area contributed by atoms with Gasteiger partial charge >= 0.3 is 0 Å². The lowest BCUT2D eigenvalue weighted by atomic mass is 9.92. The van der Waals surface area contributed by atoms with Crippen LogP contribution in [0.25, 0.3) is 11.0 Å². The Hall–Kier alpha value is -3.03. The maximum atomic E-state index is 14.9. The van der Waals surface area contributed by atoms with Crippen LogP contribution >= 0.6 is 0 Å². The zero-order chi connectivity index (χ0) is 21.0. The second-order valence-electron chi connectivity index (χ2n) is 6.85. The monoisotopic (exact) mass is 405 g/mol. The van der Waals surface area contributed by atoms with E-state index in [9.17, 15) is 18.0 Å². The number of hydrogen-bond acceptors (Lipinski definition) is 4. The first-order valence-electron chi connectivity index (χ1n) is 9.25. The molecular formula is C21H22F3N3O2. The van der Waals surface area contributed by atoms with Gasteiger partial charge in [-0.1, -0.05) is 6.92 Å². The molecule has 0 unspecified atom stereocenters. The molecule has 1 aromatic heterocycles. The summed E-state index contributed by atoms with van der Waals surface area (Å²) in [5, 5.41) is 0. The summed E-state index contributed by atoms with van der Waals surface area (Å²) in [5.41, 5.74) is 1.95. The number of aromatic nitrogens is 2. The van der Waals surface area contributed by atoms with Crippen LogP contribution in [0.15, 0.2) is 36.7 Å². The SMILES string of the molecule is C[C@@H](C=O)[C@H](c1c(F)cc(OCCCF)cc1F)N(C)c1ccc2[nH]cnc2c1. The normalized spacial score (nSPS) is 13.3. The molecule has 0 aliphatic heterocycles. The summed E-state index contributed by atoms with van der Waals surface area (Å²) in [4.78, 5) is 20.4. The number of carbonyl (C=O) groups excluding carboxylic acids is 1. The number of fused-ring (bicyclic) bond motifs is 1. The average molecular weight is 405 g/mol. The molecule has 2 atom stereocenters. The number of H-pyrrole nitrogens is 1. The van der Waals surface area contributed by atoms with Gasteiger partial charge in [-0.05, 0) is 18.2 Å². The number of nitrogens with one attached hydrogen (secondary N) is 1. The number of aldehydes is 1. The molecule has 8 heteroatoms. The number of nitrogens with zero attached hydrogens (tertiary/aromatic N) is 2. The van der Waals surface area contributed by atoms with Gasteiger partial charge in [0.2, 0.25) is 0 Å². The van der Waals surface area contributed by atoms with Crippen molar-refractivity contribution >= 4 is 23.0 Å². The molecule has 0 saturated carbocycles. The van der Waals surface area contributed by atoms with E-state index >= 15 is 0 Å². The van der Waals surface area contributed by atoms with Crippen LogP contribution < -0.4 is 9.64 Å². The van der Waals surface area contributed by atoms with Gasteiger partial charge < -0.3 is 19.4 Å². The Bertz CT molecular complexity index is 969. The number of carbonyl (C=O) groups is 1. The maximum absolute atomic E-state index is 14.9. The zero-order valence-corrected chi connectivity index (χ0v) is 16.2. The van der Waals surface area contributed by atoms with Crippen LogP contribution in [0, 0.1) is 17.6 Å². The highest BCUT2D eigenvalue weighted by atomic mass is 19.1. The van der Waals surface area contributed by atoms with Crippen LogP contribution in [0.4, 0.5) is 18.9 Å². The van der Waals surface area contributed by atoms with Gasteiger partial charge in [-0.3, -0.25) is 4.39 Å². The van der Waals surface area contributed by atoms with Crippen LogP contribution in [0.1, 0.15) is 24.9 Å². The Morgan fingerprint density at radius 3 is 2.62 bits per heavy atom. The lowest BCUT2D eigenvalue weighted by Crippen LogP contribution is -2.31. The van der Waals surface area contributed by atoms with E-state index in [1.54, 1.807) is 37.3 Å². The lowest BCUT2D eigenvalue weighted by Gasteiger charge is -2.33. The van der Waals surface area contributed by atoms with Gasteiger partial charge in [-0.2, -0.15) is 0 Å². The number of imidazole rings is 1. The number of alkyl halides is 1.